The number of nitrogens with zero attached hydrogens (tertiary/aromatic N) is 2. The van der Waals surface area contributed by atoms with E-state index in [-0.39, 0.29) is 0 Å². The first-order chi connectivity index (χ1) is 9.69. The Hall–Kier alpha value is -1.87. The second-order valence-electron chi connectivity index (χ2n) is 5.15. The molecule has 2 rings (SSSR count). The van der Waals surface area contributed by atoms with E-state index in [0.717, 1.165) is 25.5 Å². The van der Waals surface area contributed by atoms with E-state index in [1.807, 2.05) is 6.20 Å². The molecular weight excluding hydrogens is 246 g/mol. The summed E-state index contributed by atoms with van der Waals surface area (Å²) < 4.78 is 0. The van der Waals surface area contributed by atoms with E-state index >= 15 is 0 Å². The van der Waals surface area contributed by atoms with Gasteiger partial charge in [-0.15, -0.1) is 0 Å². The zero-order chi connectivity index (χ0) is 14.4. The van der Waals surface area contributed by atoms with Crippen molar-refractivity contribution in [2.75, 3.05) is 18.5 Å². The standard InChI is InChI=1S/C17H23N3/c1-4-18-11-16-9-10-17(19-12-16)20(3)13-15-7-5-14(2)6-8-15/h5-10,12,18H,4,11,13H2,1-3H3. The van der Waals surface area contributed by atoms with Crippen molar-refractivity contribution >= 4 is 5.82 Å². The summed E-state index contributed by atoms with van der Waals surface area (Å²) >= 11 is 0. The highest BCUT2D eigenvalue weighted by Crippen LogP contribution is 2.13. The summed E-state index contributed by atoms with van der Waals surface area (Å²) in [5, 5.41) is 3.30. The number of aryl methyl sites for hydroxylation is 1. The van der Waals surface area contributed by atoms with Crippen LogP contribution < -0.4 is 10.2 Å². The van der Waals surface area contributed by atoms with E-state index < -0.39 is 0 Å². The van der Waals surface area contributed by atoms with Crippen molar-refractivity contribution in [1.82, 2.24) is 10.3 Å². The molecule has 1 heterocycles. The van der Waals surface area contributed by atoms with Gasteiger partial charge in [0.15, 0.2) is 0 Å². The van der Waals surface area contributed by atoms with Crippen LogP contribution >= 0.6 is 0 Å². The van der Waals surface area contributed by atoms with Gasteiger partial charge in [-0.1, -0.05) is 42.8 Å². The van der Waals surface area contributed by atoms with Gasteiger partial charge in [0.05, 0.1) is 0 Å². The molecule has 0 radical (unpaired) electrons. The molecule has 0 aliphatic heterocycles. The predicted molar refractivity (Wildman–Crippen MR) is 84.9 cm³/mol. The maximum atomic E-state index is 4.53. The van der Waals surface area contributed by atoms with Crippen LogP contribution in [0.15, 0.2) is 42.6 Å². The second kappa shape index (κ2) is 7.06. The van der Waals surface area contributed by atoms with Crippen LogP contribution in [0.25, 0.3) is 0 Å². The van der Waals surface area contributed by atoms with E-state index in [4.69, 9.17) is 0 Å². The molecule has 0 atom stereocenters. The minimum absolute atomic E-state index is 0.875. The van der Waals surface area contributed by atoms with Crippen LogP contribution in [-0.4, -0.2) is 18.6 Å². The highest BCUT2D eigenvalue weighted by molar-refractivity contribution is 5.39. The van der Waals surface area contributed by atoms with Crippen molar-refractivity contribution in [2.24, 2.45) is 0 Å². The molecule has 0 aliphatic rings. The highest BCUT2D eigenvalue weighted by Gasteiger charge is 2.03. The number of rotatable bonds is 6. The monoisotopic (exact) mass is 269 g/mol. The van der Waals surface area contributed by atoms with Gasteiger partial charge in [0.25, 0.3) is 0 Å². The highest BCUT2D eigenvalue weighted by atomic mass is 15.2. The maximum absolute atomic E-state index is 4.53. The van der Waals surface area contributed by atoms with Crippen LogP contribution in [0.5, 0.6) is 0 Å². The fourth-order valence-electron chi connectivity index (χ4n) is 2.06. The molecule has 1 aromatic carbocycles. The van der Waals surface area contributed by atoms with Crippen molar-refractivity contribution in [3.8, 4) is 0 Å². The minimum atomic E-state index is 0.875. The summed E-state index contributed by atoms with van der Waals surface area (Å²) in [6.45, 7) is 6.95. The van der Waals surface area contributed by atoms with Crippen LogP contribution in [0, 0.1) is 6.92 Å². The Morgan fingerprint density at radius 2 is 1.75 bits per heavy atom. The lowest BCUT2D eigenvalue weighted by Gasteiger charge is -2.18. The summed E-state index contributed by atoms with van der Waals surface area (Å²) in [4.78, 5) is 6.70. The molecule has 0 saturated heterocycles. The van der Waals surface area contributed by atoms with Crippen LogP contribution in [0.4, 0.5) is 5.82 Å². The van der Waals surface area contributed by atoms with E-state index in [1.54, 1.807) is 0 Å². The molecule has 3 heteroatoms. The first kappa shape index (κ1) is 14.5. The van der Waals surface area contributed by atoms with Gasteiger partial charge in [-0.2, -0.15) is 0 Å². The molecular formula is C17H23N3. The molecule has 1 N–H and O–H groups in total. The maximum Gasteiger partial charge on any atom is 0.128 e. The molecule has 0 aliphatic carbocycles. The van der Waals surface area contributed by atoms with Crippen LogP contribution in [-0.2, 0) is 13.1 Å². The van der Waals surface area contributed by atoms with Crippen molar-refractivity contribution in [1.29, 1.82) is 0 Å². The summed E-state index contributed by atoms with van der Waals surface area (Å²) in [6.07, 6.45) is 1.95. The topological polar surface area (TPSA) is 28.2 Å². The van der Waals surface area contributed by atoms with E-state index in [2.05, 4.69) is 72.5 Å². The summed E-state index contributed by atoms with van der Waals surface area (Å²) in [5.41, 5.74) is 3.82. The molecule has 0 saturated carbocycles. The molecule has 0 spiro atoms. The van der Waals surface area contributed by atoms with Crippen molar-refractivity contribution in [2.45, 2.75) is 26.9 Å². The van der Waals surface area contributed by atoms with Gasteiger partial charge in [-0.05, 0) is 30.7 Å². The van der Waals surface area contributed by atoms with Gasteiger partial charge in [0.2, 0.25) is 0 Å². The molecule has 106 valence electrons. The second-order valence-corrected chi connectivity index (χ2v) is 5.15. The Bertz CT molecular complexity index is 517. The van der Waals surface area contributed by atoms with Crippen molar-refractivity contribution < 1.29 is 0 Å². The lowest BCUT2D eigenvalue weighted by Crippen LogP contribution is -2.18. The SMILES string of the molecule is CCNCc1ccc(N(C)Cc2ccc(C)cc2)nc1. The predicted octanol–water partition coefficient (Wildman–Crippen LogP) is 3.14. The zero-order valence-electron chi connectivity index (χ0n) is 12.6. The Kier molecular flexibility index (Phi) is 5.13. The van der Waals surface area contributed by atoms with Gasteiger partial charge in [-0.3, -0.25) is 0 Å². The quantitative estimate of drug-likeness (QED) is 0.873. The normalized spacial score (nSPS) is 10.6. The Labute approximate surface area is 121 Å². The van der Waals surface area contributed by atoms with Crippen LogP contribution in [0.2, 0.25) is 0 Å². The third-order valence-corrected chi connectivity index (χ3v) is 3.32. The minimum Gasteiger partial charge on any atom is -0.355 e. The van der Waals surface area contributed by atoms with Gasteiger partial charge < -0.3 is 10.2 Å². The van der Waals surface area contributed by atoms with E-state index in [9.17, 15) is 0 Å². The number of hydrogen-bond donors (Lipinski definition) is 1. The van der Waals surface area contributed by atoms with Crippen LogP contribution in [0.3, 0.4) is 0 Å². The van der Waals surface area contributed by atoms with Gasteiger partial charge in [-0.25, -0.2) is 4.98 Å². The number of benzene rings is 1. The summed E-state index contributed by atoms with van der Waals surface area (Å²) in [6, 6.07) is 12.9. The molecule has 0 amide bonds. The molecule has 0 fully saturated rings. The largest absolute Gasteiger partial charge is 0.355 e. The Morgan fingerprint density at radius 3 is 2.35 bits per heavy atom. The number of hydrogen-bond acceptors (Lipinski definition) is 3. The number of aromatic nitrogens is 1. The molecule has 1 aromatic heterocycles. The fourth-order valence-corrected chi connectivity index (χ4v) is 2.06. The van der Waals surface area contributed by atoms with Crippen molar-refractivity contribution in [3.63, 3.8) is 0 Å². The molecule has 3 nitrogen and oxygen atoms in total. The average molecular weight is 269 g/mol. The lowest BCUT2D eigenvalue weighted by atomic mass is 10.1. The smallest absolute Gasteiger partial charge is 0.128 e. The van der Waals surface area contributed by atoms with Crippen molar-refractivity contribution in [3.05, 3.63) is 59.3 Å². The molecule has 2 aromatic rings. The zero-order valence-corrected chi connectivity index (χ0v) is 12.6. The summed E-state index contributed by atoms with van der Waals surface area (Å²) in [7, 11) is 2.08. The number of nitrogens with one attached hydrogen (secondary N) is 1. The molecule has 20 heavy (non-hydrogen) atoms. The number of pyridine rings is 1. The summed E-state index contributed by atoms with van der Waals surface area (Å²) in [5.74, 6) is 1.01. The fraction of sp³-hybridized carbons (Fsp3) is 0.353. The number of anilines is 1. The third-order valence-electron chi connectivity index (χ3n) is 3.32. The van der Waals surface area contributed by atoms with Crippen LogP contribution in [0.1, 0.15) is 23.6 Å². The Balaban J connectivity index is 1.98. The van der Waals surface area contributed by atoms with Gasteiger partial charge in [0.1, 0.15) is 5.82 Å². The van der Waals surface area contributed by atoms with E-state index in [1.165, 1.54) is 16.7 Å². The average Bonchev–Trinajstić information content (AvgIpc) is 2.48. The van der Waals surface area contributed by atoms with Gasteiger partial charge >= 0.3 is 0 Å². The Morgan fingerprint density at radius 1 is 1.05 bits per heavy atom. The molecule has 0 unspecified atom stereocenters. The van der Waals surface area contributed by atoms with Gasteiger partial charge in [0, 0.05) is 26.3 Å². The third kappa shape index (κ3) is 4.07. The first-order valence-corrected chi connectivity index (χ1v) is 7.11. The molecule has 0 bridgehead atoms. The van der Waals surface area contributed by atoms with E-state index in [0.29, 0.717) is 0 Å². The first-order valence-electron chi connectivity index (χ1n) is 7.11. The lowest BCUT2D eigenvalue weighted by molar-refractivity contribution is 0.724.